The maximum atomic E-state index is 13.4. The van der Waals surface area contributed by atoms with E-state index in [0.717, 1.165) is 0 Å². The monoisotopic (exact) mass is 485 g/mol. The average Bonchev–Trinajstić information content (AvgIpc) is 2.82. The first kappa shape index (κ1) is 26.2. The Kier molecular flexibility index (Phi) is 8.45. The number of carbonyl (C=O) groups excluding carboxylic acids is 3. The molecule has 1 aliphatic heterocycles. The summed E-state index contributed by atoms with van der Waals surface area (Å²) in [6.07, 6.45) is -0.331. The number of amides is 3. The fraction of sp³-hybridized carbons (Fsp3) is 0.423. The molecule has 35 heavy (non-hydrogen) atoms. The van der Waals surface area contributed by atoms with Crippen molar-refractivity contribution >= 4 is 23.4 Å². The number of rotatable bonds is 3. The molecule has 0 aromatic heterocycles. The third kappa shape index (κ3) is 6.36. The van der Waals surface area contributed by atoms with Crippen LogP contribution in [0.15, 0.2) is 42.5 Å². The van der Waals surface area contributed by atoms with Gasteiger partial charge in [0.15, 0.2) is 0 Å². The highest BCUT2D eigenvalue weighted by molar-refractivity contribution is 5.98. The van der Waals surface area contributed by atoms with E-state index in [1.165, 1.54) is 31.2 Å². The van der Waals surface area contributed by atoms with E-state index in [9.17, 15) is 18.8 Å². The molecule has 1 N–H and O–H groups in total. The number of hydrogen-bond acceptors (Lipinski definition) is 5. The minimum atomic E-state index is -0.418. The Morgan fingerprint density at radius 1 is 1.11 bits per heavy atom. The standard InChI is InChI=1S/C26H32FN3O5/c1-16-13-30(25(32)19-6-8-20(27)9-7-19)17(2)15-35-23-12-21(28-18(3)31)10-11-22(23)26(33)29(4)14-24(16)34-5/h6-12,16-17,24H,13-15H2,1-5H3,(H,28,31)/t16-,17+,24-/m1/s1. The lowest BCUT2D eigenvalue weighted by molar-refractivity contribution is -0.114. The van der Waals surface area contributed by atoms with Gasteiger partial charge in [0.1, 0.15) is 18.2 Å². The van der Waals surface area contributed by atoms with Crippen molar-refractivity contribution in [3.8, 4) is 5.75 Å². The molecule has 2 aromatic rings. The first-order valence-corrected chi connectivity index (χ1v) is 11.5. The van der Waals surface area contributed by atoms with E-state index in [2.05, 4.69) is 5.32 Å². The van der Waals surface area contributed by atoms with Crippen molar-refractivity contribution in [3.05, 3.63) is 59.4 Å². The summed E-state index contributed by atoms with van der Waals surface area (Å²) in [6.45, 7) is 5.96. The lowest BCUT2D eigenvalue weighted by Gasteiger charge is -2.36. The lowest BCUT2D eigenvalue weighted by atomic mass is 10.0. The van der Waals surface area contributed by atoms with Crippen molar-refractivity contribution in [1.29, 1.82) is 0 Å². The van der Waals surface area contributed by atoms with Crippen molar-refractivity contribution in [1.82, 2.24) is 9.80 Å². The van der Waals surface area contributed by atoms with E-state index in [0.29, 0.717) is 35.7 Å². The molecule has 8 nitrogen and oxygen atoms in total. The van der Waals surface area contributed by atoms with Gasteiger partial charge in [-0.1, -0.05) is 6.92 Å². The third-order valence-corrected chi connectivity index (χ3v) is 6.12. The third-order valence-electron chi connectivity index (χ3n) is 6.12. The molecule has 0 saturated heterocycles. The molecule has 9 heteroatoms. The number of anilines is 1. The Morgan fingerprint density at radius 2 is 1.80 bits per heavy atom. The summed E-state index contributed by atoms with van der Waals surface area (Å²) in [7, 11) is 3.26. The number of nitrogens with zero attached hydrogens (tertiary/aromatic N) is 2. The summed E-state index contributed by atoms with van der Waals surface area (Å²) >= 11 is 0. The average molecular weight is 486 g/mol. The van der Waals surface area contributed by atoms with Gasteiger partial charge in [-0.2, -0.15) is 0 Å². The van der Waals surface area contributed by atoms with Gasteiger partial charge >= 0.3 is 0 Å². The van der Waals surface area contributed by atoms with E-state index in [4.69, 9.17) is 9.47 Å². The molecular weight excluding hydrogens is 453 g/mol. The van der Waals surface area contributed by atoms with Gasteiger partial charge in [0.25, 0.3) is 11.8 Å². The molecule has 0 saturated carbocycles. The van der Waals surface area contributed by atoms with Gasteiger partial charge in [0.05, 0.1) is 17.7 Å². The second-order valence-electron chi connectivity index (χ2n) is 8.95. The van der Waals surface area contributed by atoms with Crippen molar-refractivity contribution in [3.63, 3.8) is 0 Å². The Hall–Kier alpha value is -3.46. The van der Waals surface area contributed by atoms with Gasteiger partial charge in [-0.15, -0.1) is 0 Å². The van der Waals surface area contributed by atoms with Crippen molar-refractivity contribution < 1.29 is 28.2 Å². The Morgan fingerprint density at radius 3 is 2.43 bits per heavy atom. The van der Waals surface area contributed by atoms with Gasteiger partial charge in [-0.05, 0) is 43.3 Å². The Bertz CT molecular complexity index is 1080. The van der Waals surface area contributed by atoms with Crippen LogP contribution in [-0.2, 0) is 9.53 Å². The lowest BCUT2D eigenvalue weighted by Crippen LogP contribution is -2.48. The zero-order valence-corrected chi connectivity index (χ0v) is 20.7. The highest BCUT2D eigenvalue weighted by Gasteiger charge is 2.31. The molecule has 2 aromatic carbocycles. The Balaban J connectivity index is 2.00. The molecule has 1 heterocycles. The number of nitrogens with one attached hydrogen (secondary N) is 1. The van der Waals surface area contributed by atoms with Gasteiger partial charge in [-0.25, -0.2) is 4.39 Å². The fourth-order valence-electron chi connectivity index (χ4n) is 4.09. The summed E-state index contributed by atoms with van der Waals surface area (Å²) in [5, 5.41) is 2.69. The van der Waals surface area contributed by atoms with E-state index in [1.54, 1.807) is 42.2 Å². The van der Waals surface area contributed by atoms with Crippen LogP contribution in [0, 0.1) is 11.7 Å². The van der Waals surface area contributed by atoms with Crippen LogP contribution in [0.25, 0.3) is 0 Å². The molecule has 3 amide bonds. The zero-order valence-electron chi connectivity index (χ0n) is 20.7. The number of hydrogen-bond donors (Lipinski definition) is 1. The molecule has 3 rings (SSSR count). The van der Waals surface area contributed by atoms with Gasteiger partial charge in [0, 0.05) is 57.4 Å². The van der Waals surface area contributed by atoms with Crippen LogP contribution in [0.1, 0.15) is 41.5 Å². The van der Waals surface area contributed by atoms with E-state index < -0.39 is 5.82 Å². The topological polar surface area (TPSA) is 88.2 Å². The second kappa shape index (κ2) is 11.3. The molecule has 188 valence electrons. The number of carbonyl (C=O) groups is 3. The minimum absolute atomic E-state index is 0.102. The summed E-state index contributed by atoms with van der Waals surface area (Å²) in [4.78, 5) is 41.4. The van der Waals surface area contributed by atoms with E-state index >= 15 is 0 Å². The van der Waals surface area contributed by atoms with Crippen LogP contribution in [0.3, 0.4) is 0 Å². The first-order chi connectivity index (χ1) is 16.6. The molecule has 3 atom stereocenters. The Labute approximate surface area is 205 Å². The molecule has 1 aliphatic rings. The normalized spacial score (nSPS) is 21.3. The van der Waals surface area contributed by atoms with E-state index in [-0.39, 0.29) is 42.4 Å². The molecule has 0 unspecified atom stereocenters. The molecule has 0 bridgehead atoms. The van der Waals surface area contributed by atoms with Crippen LogP contribution in [-0.4, -0.2) is 73.5 Å². The van der Waals surface area contributed by atoms with Gasteiger partial charge in [0.2, 0.25) is 5.91 Å². The maximum Gasteiger partial charge on any atom is 0.257 e. The molecule has 0 radical (unpaired) electrons. The van der Waals surface area contributed by atoms with Crippen molar-refractivity contribution in [2.24, 2.45) is 5.92 Å². The first-order valence-electron chi connectivity index (χ1n) is 11.5. The molecular formula is C26H32FN3O5. The predicted molar refractivity (Wildman–Crippen MR) is 130 cm³/mol. The number of ether oxygens (including phenoxy) is 2. The van der Waals surface area contributed by atoms with E-state index in [1.807, 2.05) is 13.8 Å². The summed E-state index contributed by atoms with van der Waals surface area (Å²) in [5.41, 5.74) is 1.20. The quantitative estimate of drug-likeness (QED) is 0.720. The van der Waals surface area contributed by atoms with Crippen molar-refractivity contribution in [2.45, 2.75) is 32.9 Å². The SMILES string of the molecule is CO[C@@H]1CN(C)C(=O)c2ccc(NC(C)=O)cc2OC[C@H](C)N(C(=O)c2ccc(F)cc2)C[C@H]1C. The minimum Gasteiger partial charge on any atom is -0.491 e. The predicted octanol–water partition coefficient (Wildman–Crippen LogP) is 3.43. The van der Waals surface area contributed by atoms with Crippen molar-refractivity contribution in [2.75, 3.05) is 39.2 Å². The summed E-state index contributed by atoms with van der Waals surface area (Å²) < 4.78 is 25.2. The van der Waals surface area contributed by atoms with Crippen LogP contribution in [0.4, 0.5) is 10.1 Å². The molecule has 0 fully saturated rings. The highest BCUT2D eigenvalue weighted by atomic mass is 19.1. The summed E-state index contributed by atoms with van der Waals surface area (Å²) in [6, 6.07) is 9.91. The van der Waals surface area contributed by atoms with Crippen LogP contribution in [0.5, 0.6) is 5.75 Å². The largest absolute Gasteiger partial charge is 0.491 e. The van der Waals surface area contributed by atoms with Gasteiger partial charge < -0.3 is 24.6 Å². The highest BCUT2D eigenvalue weighted by Crippen LogP contribution is 2.27. The second-order valence-corrected chi connectivity index (χ2v) is 8.95. The smallest absolute Gasteiger partial charge is 0.257 e. The summed E-state index contributed by atoms with van der Waals surface area (Å²) in [5.74, 6) is -0.964. The van der Waals surface area contributed by atoms with Crippen LogP contribution in [0.2, 0.25) is 0 Å². The number of halogens is 1. The molecule has 0 aliphatic carbocycles. The maximum absolute atomic E-state index is 13.4. The molecule has 0 spiro atoms. The number of likely N-dealkylation sites (N-methyl/N-ethyl adjacent to an activating group) is 1. The fourth-order valence-corrected chi connectivity index (χ4v) is 4.09. The number of methoxy groups -OCH3 is 1. The number of benzene rings is 2. The van der Waals surface area contributed by atoms with Crippen LogP contribution < -0.4 is 10.1 Å². The number of fused-ring (bicyclic) bond motifs is 1. The van der Waals surface area contributed by atoms with Crippen LogP contribution >= 0.6 is 0 Å². The zero-order chi connectivity index (χ0) is 25.7. The van der Waals surface area contributed by atoms with Gasteiger partial charge in [-0.3, -0.25) is 14.4 Å².